The van der Waals surface area contributed by atoms with E-state index in [1.807, 2.05) is 170 Å². The molecule has 0 spiro atoms. The van der Waals surface area contributed by atoms with Crippen LogP contribution in [0.2, 0.25) is 0 Å². The van der Waals surface area contributed by atoms with Crippen molar-refractivity contribution < 1.29 is 48.1 Å². The molecule has 0 bridgehead atoms. The van der Waals surface area contributed by atoms with Gasteiger partial charge in [0, 0.05) is 19.6 Å². The molecule has 0 aromatic heterocycles. The van der Waals surface area contributed by atoms with Crippen LogP contribution in [-0.2, 0) is 54.8 Å². The number of hydrogen-bond acceptors (Lipinski definition) is 14. The third kappa shape index (κ3) is 15.7. The summed E-state index contributed by atoms with van der Waals surface area (Å²) >= 11 is 2.86. The highest BCUT2D eigenvalue weighted by Gasteiger charge is 2.48. The Bertz CT molecular complexity index is 2590. The summed E-state index contributed by atoms with van der Waals surface area (Å²) in [6.45, 7) is 1.15. The zero-order valence-electron chi connectivity index (χ0n) is 39.8. The molecule has 2 heterocycles. The number of aliphatic hydroxyl groups excluding tert-OH is 2. The number of rotatable bonds is 22. The Labute approximate surface area is 427 Å². The largest absolute Gasteiger partial charge is 0.497 e. The van der Waals surface area contributed by atoms with Crippen LogP contribution in [-0.4, -0.2) is 97.2 Å². The highest BCUT2D eigenvalue weighted by atomic mass is 32.2. The van der Waals surface area contributed by atoms with Crippen molar-refractivity contribution in [2.75, 3.05) is 27.4 Å². The molecule has 8 rings (SSSR count). The molecular weight excluding hydrogens is 957 g/mol. The number of aliphatic hydroxyl groups is 2. The topological polar surface area (TPSA) is 212 Å². The first-order valence-corrected chi connectivity index (χ1v) is 25.0. The van der Waals surface area contributed by atoms with Crippen molar-refractivity contribution in [3.05, 3.63) is 213 Å². The van der Waals surface area contributed by atoms with E-state index >= 15 is 0 Å². The van der Waals surface area contributed by atoms with E-state index in [0.29, 0.717) is 13.2 Å². The molecule has 6 aromatic carbocycles. The van der Waals surface area contributed by atoms with Crippen LogP contribution in [0.5, 0.6) is 11.5 Å². The molecule has 6 aromatic rings. The lowest BCUT2D eigenvalue weighted by Gasteiger charge is -2.44. The molecule has 376 valence electrons. The number of azide groups is 2. The minimum absolute atomic E-state index is 0.198. The van der Waals surface area contributed by atoms with Crippen LogP contribution in [0.4, 0.5) is 0 Å². The molecule has 18 heteroatoms. The number of methoxy groups -OCH3 is 2. The van der Waals surface area contributed by atoms with E-state index in [4.69, 9.17) is 43.4 Å². The Kier molecular flexibility index (Phi) is 21.5. The van der Waals surface area contributed by atoms with Gasteiger partial charge in [-0.15, -0.1) is 0 Å². The maximum atomic E-state index is 10.6. The van der Waals surface area contributed by atoms with Crippen molar-refractivity contribution in [1.29, 1.82) is 0 Å². The molecule has 72 heavy (non-hydrogen) atoms. The summed E-state index contributed by atoms with van der Waals surface area (Å²) < 4.78 is 48.2. The fourth-order valence-corrected chi connectivity index (χ4v) is 10.2. The molecule has 2 saturated heterocycles. The molecule has 0 radical (unpaired) electrons. The van der Waals surface area contributed by atoms with Crippen molar-refractivity contribution in [3.63, 3.8) is 0 Å². The summed E-state index contributed by atoms with van der Waals surface area (Å²) in [5.41, 5.74) is 21.5. The average Bonchev–Trinajstić information content (AvgIpc) is 3.43. The molecule has 0 amide bonds. The van der Waals surface area contributed by atoms with Gasteiger partial charge in [-0.25, -0.2) is 0 Å². The molecule has 0 saturated carbocycles. The fourth-order valence-electron chi connectivity index (χ4n) is 7.95. The lowest BCUT2D eigenvalue weighted by atomic mass is 9.97. The standard InChI is InChI=1S/C34H35N3O5S.C20H23N3O5S/c1-38-28-19-17-27(18-20-28)23-41-33-31(36-37-35)34(43-29-15-9-4-10-16-29)42-30(24-39-21-25-11-5-2-6-12-25)32(33)40-22-26-13-7-3-8-14-26;1-26-14-9-7-13(8-10-14)12-27-19-17(22-23-21)20(28-16(11-24)18(19)25)29-15-5-3-2-4-6-15/h2-20,30-34H,21-24H2,1H3;2-10,16-20,24-25H,11-12H2,1H3/t30?,31?,32-,33-,34+;16?,17?,18-,19-,20+/m11/s1. The van der Waals surface area contributed by atoms with Crippen molar-refractivity contribution >= 4 is 23.5 Å². The molecule has 2 N–H and O–H groups in total. The predicted octanol–water partition coefficient (Wildman–Crippen LogP) is 10.7. The van der Waals surface area contributed by atoms with E-state index < -0.39 is 59.6 Å². The minimum Gasteiger partial charge on any atom is -0.497 e. The van der Waals surface area contributed by atoms with Gasteiger partial charge in [0.25, 0.3) is 0 Å². The Balaban J connectivity index is 0.000000228. The first-order valence-electron chi connectivity index (χ1n) is 23.3. The quantitative estimate of drug-likeness (QED) is 0.0369. The van der Waals surface area contributed by atoms with E-state index in [0.717, 1.165) is 43.5 Å². The smallest absolute Gasteiger partial charge is 0.119 e. The second-order valence-electron chi connectivity index (χ2n) is 16.5. The van der Waals surface area contributed by atoms with E-state index in [2.05, 4.69) is 20.1 Å². The summed E-state index contributed by atoms with van der Waals surface area (Å²) in [7, 11) is 3.23. The van der Waals surface area contributed by atoms with Crippen LogP contribution >= 0.6 is 23.5 Å². The monoisotopic (exact) mass is 1010 g/mol. The first-order chi connectivity index (χ1) is 35.4. The van der Waals surface area contributed by atoms with Gasteiger partial charge < -0.3 is 48.1 Å². The Morgan fingerprint density at radius 3 is 1.33 bits per heavy atom. The summed E-state index contributed by atoms with van der Waals surface area (Å²) in [5.74, 6) is 1.49. The zero-order valence-corrected chi connectivity index (χ0v) is 41.5. The Morgan fingerprint density at radius 2 is 0.889 bits per heavy atom. The third-order valence-corrected chi connectivity index (χ3v) is 14.0. The Hall–Kier alpha value is -6.08. The number of hydrogen-bond donors (Lipinski definition) is 2. The van der Waals surface area contributed by atoms with E-state index in [1.54, 1.807) is 14.2 Å². The molecule has 2 aliphatic rings. The highest BCUT2D eigenvalue weighted by molar-refractivity contribution is 8.00. The maximum absolute atomic E-state index is 10.6. The van der Waals surface area contributed by atoms with Gasteiger partial charge in [-0.3, -0.25) is 0 Å². The summed E-state index contributed by atoms with van der Waals surface area (Å²) in [4.78, 5) is 8.04. The van der Waals surface area contributed by atoms with Crippen LogP contribution in [0.3, 0.4) is 0 Å². The molecule has 16 nitrogen and oxygen atoms in total. The molecular formula is C54H58N6O10S2. The van der Waals surface area contributed by atoms with Crippen molar-refractivity contribution in [3.8, 4) is 11.5 Å². The van der Waals surface area contributed by atoms with Gasteiger partial charge in [0.15, 0.2) is 0 Å². The molecule has 2 aliphatic heterocycles. The van der Waals surface area contributed by atoms with E-state index in [-0.39, 0.29) is 26.4 Å². The van der Waals surface area contributed by atoms with Gasteiger partial charge >= 0.3 is 0 Å². The number of ether oxygens (including phenoxy) is 8. The van der Waals surface area contributed by atoms with E-state index in [1.165, 1.54) is 23.5 Å². The minimum atomic E-state index is -1.14. The zero-order chi connectivity index (χ0) is 50.3. The van der Waals surface area contributed by atoms with Crippen molar-refractivity contribution in [1.82, 2.24) is 0 Å². The predicted molar refractivity (Wildman–Crippen MR) is 275 cm³/mol. The molecule has 2 fully saturated rings. The summed E-state index contributed by atoms with van der Waals surface area (Å²) in [5, 5.41) is 28.4. The second kappa shape index (κ2) is 28.8. The lowest BCUT2D eigenvalue weighted by molar-refractivity contribution is -0.211. The van der Waals surface area contributed by atoms with Gasteiger partial charge in [0.2, 0.25) is 0 Å². The lowest BCUT2D eigenvalue weighted by Crippen LogP contribution is -2.58. The van der Waals surface area contributed by atoms with Gasteiger partial charge in [-0.05, 0) is 81.8 Å². The van der Waals surface area contributed by atoms with Crippen LogP contribution in [0.1, 0.15) is 22.3 Å². The molecule has 10 atom stereocenters. The van der Waals surface area contributed by atoms with Gasteiger partial charge in [-0.1, -0.05) is 155 Å². The first kappa shape index (κ1) is 53.7. The summed E-state index contributed by atoms with van der Waals surface area (Å²) in [6, 6.07) is 53.0. The van der Waals surface area contributed by atoms with Crippen LogP contribution in [0.15, 0.2) is 190 Å². The summed E-state index contributed by atoms with van der Waals surface area (Å²) in [6.07, 6.45) is -4.48. The number of benzene rings is 6. The number of thioether (sulfide) groups is 2. The van der Waals surface area contributed by atoms with E-state index in [9.17, 15) is 15.7 Å². The SMILES string of the molecule is COc1ccc(CO[C@@H]2C(N=[N+]=[N-])[C@H](Sc3ccccc3)OC(CO)[C@H]2O)cc1.COc1ccc(CO[C@@H]2C(N=[N+]=[N-])[C@H](Sc3ccccc3)OC(COCc3ccccc3)[C@H]2OCc2ccccc2)cc1. The molecule has 0 aliphatic carbocycles. The van der Waals surface area contributed by atoms with Gasteiger partial charge in [0.1, 0.15) is 58.9 Å². The molecule has 4 unspecified atom stereocenters. The van der Waals surface area contributed by atoms with Crippen molar-refractivity contribution in [2.45, 2.75) is 95.8 Å². The van der Waals surface area contributed by atoms with Crippen molar-refractivity contribution in [2.24, 2.45) is 10.2 Å². The van der Waals surface area contributed by atoms with Crippen LogP contribution < -0.4 is 9.47 Å². The highest BCUT2D eigenvalue weighted by Crippen LogP contribution is 2.39. The second-order valence-corrected chi connectivity index (χ2v) is 18.9. The Morgan fingerprint density at radius 1 is 0.500 bits per heavy atom. The van der Waals surface area contributed by atoms with Gasteiger partial charge in [0.05, 0.1) is 66.1 Å². The normalized spacial score (nSPS) is 23.6. The maximum Gasteiger partial charge on any atom is 0.119 e. The number of nitrogens with zero attached hydrogens (tertiary/aromatic N) is 6. The van der Waals surface area contributed by atoms with Gasteiger partial charge in [-0.2, -0.15) is 0 Å². The van der Waals surface area contributed by atoms with Crippen LogP contribution in [0, 0.1) is 0 Å². The third-order valence-electron chi connectivity index (χ3n) is 11.7. The average molecular weight is 1020 g/mol. The fraction of sp³-hybridized carbons (Fsp3) is 0.333. The van der Waals surface area contributed by atoms with Crippen LogP contribution in [0.25, 0.3) is 20.9 Å².